The van der Waals surface area contributed by atoms with E-state index in [0.717, 1.165) is 25.9 Å². The van der Waals surface area contributed by atoms with E-state index in [-0.39, 0.29) is 11.4 Å². The zero-order valence-electron chi connectivity index (χ0n) is 9.95. The maximum absolute atomic E-state index is 11.8. The van der Waals surface area contributed by atoms with Crippen LogP contribution in [0.1, 0.15) is 33.6 Å². The second-order valence-corrected chi connectivity index (χ2v) is 5.29. The van der Waals surface area contributed by atoms with Gasteiger partial charge in [-0.25, -0.2) is 0 Å². The molecule has 0 bridgehead atoms. The fourth-order valence-corrected chi connectivity index (χ4v) is 2.84. The third-order valence-electron chi connectivity index (χ3n) is 4.23. The highest BCUT2D eigenvalue weighted by Gasteiger charge is 2.51. The highest BCUT2D eigenvalue weighted by molar-refractivity contribution is 5.79. The van der Waals surface area contributed by atoms with E-state index in [1.165, 1.54) is 0 Å². The van der Waals surface area contributed by atoms with Crippen LogP contribution in [0.15, 0.2) is 0 Å². The normalized spacial score (nSPS) is 31.2. The monoisotopic (exact) mass is 211 g/mol. The van der Waals surface area contributed by atoms with Crippen LogP contribution < -0.4 is 0 Å². The first kappa shape index (κ1) is 10.9. The van der Waals surface area contributed by atoms with Crippen molar-refractivity contribution < 1.29 is 9.53 Å². The zero-order chi connectivity index (χ0) is 11.1. The van der Waals surface area contributed by atoms with Crippen molar-refractivity contribution in [1.82, 2.24) is 4.90 Å². The summed E-state index contributed by atoms with van der Waals surface area (Å²) in [4.78, 5) is 14.2. The fourth-order valence-electron chi connectivity index (χ4n) is 2.84. The van der Waals surface area contributed by atoms with Gasteiger partial charge in [0, 0.05) is 12.0 Å². The molecule has 2 heterocycles. The second kappa shape index (κ2) is 3.78. The minimum absolute atomic E-state index is 0.0541. The third-order valence-corrected chi connectivity index (χ3v) is 4.23. The number of hydrogen-bond acceptors (Lipinski definition) is 3. The molecule has 3 heteroatoms. The Morgan fingerprint density at radius 1 is 1.40 bits per heavy atom. The largest absolute Gasteiger partial charge is 0.465 e. The lowest BCUT2D eigenvalue weighted by Gasteiger charge is -2.40. The Morgan fingerprint density at radius 2 is 2.00 bits per heavy atom. The number of carbonyl (C=O) groups is 1. The highest BCUT2D eigenvalue weighted by atomic mass is 16.5. The van der Waals surface area contributed by atoms with E-state index in [9.17, 15) is 4.79 Å². The van der Waals surface area contributed by atoms with Crippen molar-refractivity contribution in [3.8, 4) is 0 Å². The summed E-state index contributed by atoms with van der Waals surface area (Å²) >= 11 is 0. The van der Waals surface area contributed by atoms with Crippen molar-refractivity contribution in [3.05, 3.63) is 0 Å². The standard InChI is InChI=1S/C12H21NO2/c1-9(2)13-6-4-12(5-7-13)10(3)8-15-11(12)14/h9-10H,4-8H2,1-3H3. The van der Waals surface area contributed by atoms with Crippen LogP contribution in [0.25, 0.3) is 0 Å². The Balaban J connectivity index is 2.05. The van der Waals surface area contributed by atoms with Crippen molar-refractivity contribution >= 4 is 5.97 Å². The molecule has 2 aliphatic rings. The number of nitrogens with zero attached hydrogens (tertiary/aromatic N) is 1. The highest BCUT2D eigenvalue weighted by Crippen LogP contribution is 2.44. The number of esters is 1. The molecule has 86 valence electrons. The van der Waals surface area contributed by atoms with Gasteiger partial charge in [-0.3, -0.25) is 4.79 Å². The number of cyclic esters (lactones) is 1. The molecular formula is C12H21NO2. The first-order valence-electron chi connectivity index (χ1n) is 5.97. The van der Waals surface area contributed by atoms with Crippen LogP contribution in [0, 0.1) is 11.3 Å². The van der Waals surface area contributed by atoms with Gasteiger partial charge in [-0.05, 0) is 39.8 Å². The summed E-state index contributed by atoms with van der Waals surface area (Å²) in [5.41, 5.74) is -0.147. The molecule has 15 heavy (non-hydrogen) atoms. The minimum Gasteiger partial charge on any atom is -0.465 e. The zero-order valence-corrected chi connectivity index (χ0v) is 9.95. The molecule has 2 aliphatic heterocycles. The third kappa shape index (κ3) is 1.67. The predicted octanol–water partition coefficient (Wildman–Crippen LogP) is 1.67. The van der Waals surface area contributed by atoms with Crippen molar-refractivity contribution in [2.24, 2.45) is 11.3 Å². The van der Waals surface area contributed by atoms with Crippen LogP contribution in [0.4, 0.5) is 0 Å². The summed E-state index contributed by atoms with van der Waals surface area (Å²) < 4.78 is 5.20. The molecule has 2 rings (SSSR count). The smallest absolute Gasteiger partial charge is 0.312 e. The molecule has 0 aromatic heterocycles. The van der Waals surface area contributed by atoms with Crippen LogP contribution in [-0.4, -0.2) is 36.6 Å². The molecule has 3 nitrogen and oxygen atoms in total. The molecule has 1 unspecified atom stereocenters. The van der Waals surface area contributed by atoms with Gasteiger partial charge >= 0.3 is 5.97 Å². The number of carbonyl (C=O) groups excluding carboxylic acids is 1. The molecule has 0 radical (unpaired) electrons. The average molecular weight is 211 g/mol. The van der Waals surface area contributed by atoms with Gasteiger partial charge in [0.1, 0.15) is 0 Å². The minimum atomic E-state index is -0.147. The number of likely N-dealkylation sites (tertiary alicyclic amines) is 1. The number of hydrogen-bond donors (Lipinski definition) is 0. The van der Waals surface area contributed by atoms with Crippen LogP contribution in [-0.2, 0) is 9.53 Å². The van der Waals surface area contributed by atoms with Crippen LogP contribution in [0.2, 0.25) is 0 Å². The Labute approximate surface area is 91.8 Å². The molecule has 1 spiro atoms. The van der Waals surface area contributed by atoms with Crippen molar-refractivity contribution in [1.29, 1.82) is 0 Å². The molecule has 0 aromatic rings. The fraction of sp³-hybridized carbons (Fsp3) is 0.917. The summed E-state index contributed by atoms with van der Waals surface area (Å²) in [6.45, 7) is 9.29. The first-order valence-corrected chi connectivity index (χ1v) is 5.97. The van der Waals surface area contributed by atoms with E-state index in [0.29, 0.717) is 18.6 Å². The molecule has 0 N–H and O–H groups in total. The maximum Gasteiger partial charge on any atom is 0.312 e. The first-order chi connectivity index (χ1) is 7.06. The topological polar surface area (TPSA) is 29.5 Å². The summed E-state index contributed by atoms with van der Waals surface area (Å²) in [7, 11) is 0. The summed E-state index contributed by atoms with van der Waals surface area (Å²) in [5.74, 6) is 0.456. The molecule has 0 saturated carbocycles. The predicted molar refractivity (Wildman–Crippen MR) is 58.5 cm³/mol. The van der Waals surface area contributed by atoms with Gasteiger partial charge in [0.2, 0.25) is 0 Å². The Kier molecular flexibility index (Phi) is 2.75. The maximum atomic E-state index is 11.8. The Bertz CT molecular complexity index is 254. The van der Waals surface area contributed by atoms with Gasteiger partial charge in [0.05, 0.1) is 12.0 Å². The van der Waals surface area contributed by atoms with E-state index < -0.39 is 0 Å². The Morgan fingerprint density at radius 3 is 2.40 bits per heavy atom. The van der Waals surface area contributed by atoms with Crippen molar-refractivity contribution in [2.75, 3.05) is 19.7 Å². The molecule has 0 aliphatic carbocycles. The molecule has 0 amide bonds. The molecule has 0 aromatic carbocycles. The van der Waals surface area contributed by atoms with Gasteiger partial charge in [-0.15, -0.1) is 0 Å². The van der Waals surface area contributed by atoms with Crippen LogP contribution in [0.5, 0.6) is 0 Å². The summed E-state index contributed by atoms with van der Waals surface area (Å²) in [6.07, 6.45) is 1.95. The molecule has 2 fully saturated rings. The summed E-state index contributed by atoms with van der Waals surface area (Å²) in [6, 6.07) is 0.593. The lowest BCUT2D eigenvalue weighted by atomic mass is 9.71. The van der Waals surface area contributed by atoms with Crippen LogP contribution in [0.3, 0.4) is 0 Å². The van der Waals surface area contributed by atoms with E-state index in [1.807, 2.05) is 0 Å². The van der Waals surface area contributed by atoms with E-state index in [2.05, 4.69) is 25.7 Å². The SMILES string of the molecule is CC(C)N1CCC2(CC1)C(=O)OCC2C. The quantitative estimate of drug-likeness (QED) is 0.618. The molecule has 1 atom stereocenters. The van der Waals surface area contributed by atoms with E-state index in [1.54, 1.807) is 0 Å². The van der Waals surface area contributed by atoms with Crippen LogP contribution >= 0.6 is 0 Å². The molecular weight excluding hydrogens is 190 g/mol. The lowest BCUT2D eigenvalue weighted by molar-refractivity contribution is -0.149. The Hall–Kier alpha value is -0.570. The van der Waals surface area contributed by atoms with Crippen molar-refractivity contribution in [3.63, 3.8) is 0 Å². The number of rotatable bonds is 1. The van der Waals surface area contributed by atoms with E-state index in [4.69, 9.17) is 4.74 Å². The average Bonchev–Trinajstić information content (AvgIpc) is 2.48. The van der Waals surface area contributed by atoms with Gasteiger partial charge in [-0.2, -0.15) is 0 Å². The lowest BCUT2D eigenvalue weighted by Crippen LogP contribution is -2.47. The van der Waals surface area contributed by atoms with Crippen molar-refractivity contribution in [2.45, 2.75) is 39.7 Å². The number of ether oxygens (including phenoxy) is 1. The van der Waals surface area contributed by atoms with Gasteiger partial charge in [0.25, 0.3) is 0 Å². The van der Waals surface area contributed by atoms with Gasteiger partial charge in [0.15, 0.2) is 0 Å². The summed E-state index contributed by atoms with van der Waals surface area (Å²) in [5, 5.41) is 0. The van der Waals surface area contributed by atoms with Gasteiger partial charge < -0.3 is 9.64 Å². The van der Waals surface area contributed by atoms with Gasteiger partial charge in [-0.1, -0.05) is 6.92 Å². The van der Waals surface area contributed by atoms with E-state index >= 15 is 0 Å². The second-order valence-electron chi connectivity index (χ2n) is 5.29. The molecule has 2 saturated heterocycles. The number of piperidine rings is 1.